The molecule has 5 heteroatoms. The molecular weight excluding hydrogens is 208 g/mol. The van der Waals surface area contributed by atoms with Crippen molar-refractivity contribution in [1.29, 1.82) is 0 Å². The van der Waals surface area contributed by atoms with E-state index in [2.05, 4.69) is 14.7 Å². The smallest absolute Gasteiger partial charge is 0.356 e. The van der Waals surface area contributed by atoms with Gasteiger partial charge in [0, 0.05) is 0 Å². The molecule has 84 valence electrons. The topological polar surface area (TPSA) is 61.3 Å². The molecule has 0 radical (unpaired) electrons. The number of esters is 1. The molecule has 2 heterocycles. The number of hydrogen-bond donors (Lipinski definition) is 0. The molecule has 0 aromatic carbocycles. The van der Waals surface area contributed by atoms with Crippen LogP contribution in [0.3, 0.4) is 0 Å². The van der Waals surface area contributed by atoms with E-state index in [9.17, 15) is 4.79 Å². The van der Waals surface area contributed by atoms with Crippen LogP contribution in [0, 0.1) is 0 Å². The van der Waals surface area contributed by atoms with E-state index < -0.39 is 5.97 Å². The first-order valence-corrected chi connectivity index (χ1v) is 4.99. The Morgan fingerprint density at radius 2 is 2.38 bits per heavy atom. The van der Waals surface area contributed by atoms with E-state index >= 15 is 0 Å². The van der Waals surface area contributed by atoms with Crippen LogP contribution in [0.25, 0.3) is 5.57 Å². The standard InChI is InChI=1S/C11H12N2O3/c1-15-11(14)10-6-9(12-7-13-10)8-2-4-16-5-3-8/h2,6-7H,3-5H2,1H3. The first-order valence-electron chi connectivity index (χ1n) is 4.99. The van der Waals surface area contributed by atoms with Gasteiger partial charge in [-0.15, -0.1) is 0 Å². The van der Waals surface area contributed by atoms with E-state index in [1.165, 1.54) is 13.4 Å². The molecule has 1 aliphatic heterocycles. The third-order valence-corrected chi connectivity index (χ3v) is 2.35. The predicted octanol–water partition coefficient (Wildman–Crippen LogP) is 1.07. The third kappa shape index (κ3) is 2.25. The van der Waals surface area contributed by atoms with Gasteiger partial charge in [0.15, 0.2) is 5.69 Å². The van der Waals surface area contributed by atoms with Crippen LogP contribution in [-0.2, 0) is 9.47 Å². The van der Waals surface area contributed by atoms with Crippen molar-refractivity contribution in [2.75, 3.05) is 20.3 Å². The van der Waals surface area contributed by atoms with Gasteiger partial charge in [-0.3, -0.25) is 0 Å². The van der Waals surface area contributed by atoms with Gasteiger partial charge in [0.25, 0.3) is 0 Å². The lowest BCUT2D eigenvalue weighted by Crippen LogP contribution is -2.08. The summed E-state index contributed by atoms with van der Waals surface area (Å²) >= 11 is 0. The van der Waals surface area contributed by atoms with Gasteiger partial charge < -0.3 is 9.47 Å². The van der Waals surface area contributed by atoms with Crippen LogP contribution in [-0.4, -0.2) is 36.3 Å². The number of rotatable bonds is 2. The normalized spacial score (nSPS) is 15.4. The lowest BCUT2D eigenvalue weighted by Gasteiger charge is -2.12. The second-order valence-electron chi connectivity index (χ2n) is 3.33. The van der Waals surface area contributed by atoms with Crippen molar-refractivity contribution in [2.24, 2.45) is 0 Å². The molecule has 0 unspecified atom stereocenters. The predicted molar refractivity (Wildman–Crippen MR) is 56.8 cm³/mol. The minimum absolute atomic E-state index is 0.278. The van der Waals surface area contributed by atoms with Crippen LogP contribution in [0.5, 0.6) is 0 Å². The molecule has 0 atom stereocenters. The number of carbonyl (C=O) groups is 1. The summed E-state index contributed by atoms with van der Waals surface area (Å²) in [6, 6.07) is 1.64. The molecule has 0 saturated carbocycles. The minimum Gasteiger partial charge on any atom is -0.464 e. The summed E-state index contributed by atoms with van der Waals surface area (Å²) in [6.45, 7) is 1.27. The van der Waals surface area contributed by atoms with Gasteiger partial charge in [-0.2, -0.15) is 0 Å². The van der Waals surface area contributed by atoms with E-state index in [1.54, 1.807) is 6.07 Å². The Labute approximate surface area is 93.1 Å². The highest BCUT2D eigenvalue weighted by Gasteiger charge is 2.12. The number of hydrogen-bond acceptors (Lipinski definition) is 5. The third-order valence-electron chi connectivity index (χ3n) is 2.35. The van der Waals surface area contributed by atoms with Gasteiger partial charge in [-0.25, -0.2) is 14.8 Å². The highest BCUT2D eigenvalue weighted by molar-refractivity contribution is 5.87. The number of nitrogens with zero attached hydrogens (tertiary/aromatic N) is 2. The van der Waals surface area contributed by atoms with Crippen molar-refractivity contribution < 1.29 is 14.3 Å². The summed E-state index contributed by atoms with van der Waals surface area (Å²) in [5.74, 6) is -0.448. The van der Waals surface area contributed by atoms with Gasteiger partial charge in [0.1, 0.15) is 6.33 Å². The zero-order valence-corrected chi connectivity index (χ0v) is 8.97. The zero-order valence-electron chi connectivity index (χ0n) is 8.97. The quantitative estimate of drug-likeness (QED) is 0.697. The molecule has 1 aromatic heterocycles. The van der Waals surface area contributed by atoms with Crippen LogP contribution in [0.1, 0.15) is 22.6 Å². The number of ether oxygens (including phenoxy) is 2. The fourth-order valence-corrected chi connectivity index (χ4v) is 1.51. The highest BCUT2D eigenvalue weighted by Crippen LogP contribution is 2.19. The Balaban J connectivity index is 2.28. The minimum atomic E-state index is -0.448. The van der Waals surface area contributed by atoms with Crippen LogP contribution < -0.4 is 0 Å². The summed E-state index contributed by atoms with van der Waals surface area (Å²) in [6.07, 6.45) is 4.14. The average molecular weight is 220 g/mol. The largest absolute Gasteiger partial charge is 0.464 e. The summed E-state index contributed by atoms with van der Waals surface area (Å²) in [7, 11) is 1.33. The molecule has 0 bridgehead atoms. The molecule has 2 rings (SSSR count). The van der Waals surface area contributed by atoms with Crippen molar-refractivity contribution in [3.8, 4) is 0 Å². The van der Waals surface area contributed by atoms with Crippen molar-refractivity contribution in [1.82, 2.24) is 9.97 Å². The monoisotopic (exact) mass is 220 g/mol. The second kappa shape index (κ2) is 4.85. The Morgan fingerprint density at radius 3 is 3.06 bits per heavy atom. The van der Waals surface area contributed by atoms with Gasteiger partial charge in [0.05, 0.1) is 26.0 Å². The molecule has 0 N–H and O–H groups in total. The first kappa shape index (κ1) is 10.8. The fraction of sp³-hybridized carbons (Fsp3) is 0.364. The molecule has 5 nitrogen and oxygen atoms in total. The van der Waals surface area contributed by atoms with Crippen molar-refractivity contribution in [2.45, 2.75) is 6.42 Å². The molecule has 0 fully saturated rings. The maximum absolute atomic E-state index is 11.3. The molecular formula is C11H12N2O3. The summed E-state index contributed by atoms with van der Waals surface area (Å²) < 4.78 is 9.81. The number of aromatic nitrogens is 2. The van der Waals surface area contributed by atoms with Crippen molar-refractivity contribution >= 4 is 11.5 Å². The first-order chi connectivity index (χ1) is 7.81. The molecule has 16 heavy (non-hydrogen) atoms. The van der Waals surface area contributed by atoms with Gasteiger partial charge in [-0.05, 0) is 18.1 Å². The van der Waals surface area contributed by atoms with Crippen molar-refractivity contribution in [3.05, 3.63) is 29.9 Å². The number of methoxy groups -OCH3 is 1. The van der Waals surface area contributed by atoms with Crippen LogP contribution >= 0.6 is 0 Å². The number of carbonyl (C=O) groups excluding carboxylic acids is 1. The van der Waals surface area contributed by atoms with Gasteiger partial charge in [-0.1, -0.05) is 6.08 Å². The van der Waals surface area contributed by atoms with E-state index in [0.717, 1.165) is 17.7 Å². The zero-order chi connectivity index (χ0) is 11.4. The molecule has 0 aliphatic carbocycles. The maximum atomic E-state index is 11.3. The Kier molecular flexibility index (Phi) is 3.26. The SMILES string of the molecule is COC(=O)c1cc(C2=CCOCC2)ncn1. The van der Waals surface area contributed by atoms with E-state index in [1.807, 2.05) is 6.08 Å². The second-order valence-corrected chi connectivity index (χ2v) is 3.33. The van der Waals surface area contributed by atoms with E-state index in [-0.39, 0.29) is 5.69 Å². The van der Waals surface area contributed by atoms with E-state index in [0.29, 0.717) is 13.2 Å². The van der Waals surface area contributed by atoms with E-state index in [4.69, 9.17) is 4.74 Å². The van der Waals surface area contributed by atoms with Gasteiger partial charge >= 0.3 is 5.97 Å². The molecule has 0 amide bonds. The molecule has 0 spiro atoms. The summed E-state index contributed by atoms with van der Waals surface area (Å²) in [5, 5.41) is 0. The molecule has 0 saturated heterocycles. The molecule has 1 aromatic rings. The Morgan fingerprint density at radius 1 is 1.50 bits per heavy atom. The van der Waals surface area contributed by atoms with Crippen LogP contribution in [0.2, 0.25) is 0 Å². The lowest BCUT2D eigenvalue weighted by atomic mass is 10.1. The van der Waals surface area contributed by atoms with Crippen LogP contribution in [0.15, 0.2) is 18.5 Å². The summed E-state index contributed by atoms with van der Waals surface area (Å²) in [5.41, 5.74) is 2.12. The Bertz CT molecular complexity index is 429. The molecule has 1 aliphatic rings. The Hall–Kier alpha value is -1.75. The maximum Gasteiger partial charge on any atom is 0.356 e. The fourth-order valence-electron chi connectivity index (χ4n) is 1.51. The highest BCUT2D eigenvalue weighted by atomic mass is 16.5. The summed E-state index contributed by atoms with van der Waals surface area (Å²) in [4.78, 5) is 19.3. The van der Waals surface area contributed by atoms with Crippen LogP contribution in [0.4, 0.5) is 0 Å². The lowest BCUT2D eigenvalue weighted by molar-refractivity contribution is 0.0593. The average Bonchev–Trinajstić information content (AvgIpc) is 2.39. The van der Waals surface area contributed by atoms with Crippen molar-refractivity contribution in [3.63, 3.8) is 0 Å². The van der Waals surface area contributed by atoms with Gasteiger partial charge in [0.2, 0.25) is 0 Å².